The molecule has 0 spiro atoms. The molecule has 0 saturated carbocycles. The van der Waals surface area contributed by atoms with E-state index in [-0.39, 0.29) is 0 Å². The molecule has 0 radical (unpaired) electrons. The van der Waals surface area contributed by atoms with E-state index in [1.165, 1.54) is 0 Å². The van der Waals surface area contributed by atoms with Gasteiger partial charge < -0.3 is 5.32 Å². The lowest BCUT2D eigenvalue weighted by Crippen LogP contribution is -2.20. The maximum Gasteiger partial charge on any atom is 0.0831 e. The lowest BCUT2D eigenvalue weighted by Gasteiger charge is -2.08. The van der Waals surface area contributed by atoms with Gasteiger partial charge in [-0.25, -0.2) is 0 Å². The predicted octanol–water partition coefficient (Wildman–Crippen LogP) is 2.68. The molecule has 0 aliphatic rings. The fraction of sp³-hybridized carbons (Fsp3) is 0.429. The molecular weight excluding hydrogens is 351 g/mol. The summed E-state index contributed by atoms with van der Waals surface area (Å²) in [5.74, 6) is 0.661. The van der Waals surface area contributed by atoms with Crippen LogP contribution in [-0.4, -0.2) is 21.3 Å². The second-order valence-corrected chi connectivity index (χ2v) is 6.25. The Balaban J connectivity index is 1.95. The van der Waals surface area contributed by atoms with Crippen molar-refractivity contribution in [3.63, 3.8) is 0 Å². The summed E-state index contributed by atoms with van der Waals surface area (Å²) >= 11 is 2.26. The van der Waals surface area contributed by atoms with Gasteiger partial charge in [0.25, 0.3) is 0 Å². The Morgan fingerprint density at radius 1 is 1.32 bits per heavy atom. The number of aromatic nitrogens is 3. The minimum atomic E-state index is 0.661. The molecule has 0 amide bonds. The first-order valence-corrected chi connectivity index (χ1v) is 7.55. The Bertz CT molecular complexity index is 522. The van der Waals surface area contributed by atoms with Gasteiger partial charge in [0.05, 0.1) is 27.7 Å². The highest BCUT2D eigenvalue weighted by Gasteiger charge is 2.01. The molecule has 0 fully saturated rings. The zero-order chi connectivity index (χ0) is 13.7. The van der Waals surface area contributed by atoms with E-state index in [1.807, 2.05) is 23.1 Å². The van der Waals surface area contributed by atoms with Crippen LogP contribution < -0.4 is 5.32 Å². The first kappa shape index (κ1) is 14.5. The fourth-order valence-electron chi connectivity index (χ4n) is 1.80. The van der Waals surface area contributed by atoms with Crippen molar-refractivity contribution in [1.82, 2.24) is 20.1 Å². The van der Waals surface area contributed by atoms with Crippen LogP contribution in [-0.2, 0) is 13.1 Å². The molecule has 0 aliphatic heterocycles. The van der Waals surface area contributed by atoms with Gasteiger partial charge in [-0.3, -0.25) is 9.67 Å². The van der Waals surface area contributed by atoms with E-state index < -0.39 is 0 Å². The maximum absolute atomic E-state index is 4.65. The molecule has 102 valence electrons. The number of nitrogens with zero attached hydrogens (tertiary/aromatic N) is 3. The van der Waals surface area contributed by atoms with Gasteiger partial charge in [0.1, 0.15) is 0 Å². The molecule has 0 aliphatic carbocycles. The van der Waals surface area contributed by atoms with Crippen LogP contribution >= 0.6 is 22.6 Å². The van der Waals surface area contributed by atoms with E-state index in [1.54, 1.807) is 0 Å². The van der Waals surface area contributed by atoms with E-state index >= 15 is 0 Å². The minimum absolute atomic E-state index is 0.661. The van der Waals surface area contributed by atoms with Crippen LogP contribution in [0, 0.1) is 9.49 Å². The third-order valence-electron chi connectivity index (χ3n) is 2.65. The average Bonchev–Trinajstić information content (AvgIpc) is 2.75. The lowest BCUT2D eigenvalue weighted by molar-refractivity contribution is 0.546. The quantitative estimate of drug-likeness (QED) is 0.796. The van der Waals surface area contributed by atoms with Gasteiger partial charge >= 0.3 is 0 Å². The second kappa shape index (κ2) is 7.00. The highest BCUT2D eigenvalue weighted by atomic mass is 127. The smallest absolute Gasteiger partial charge is 0.0831 e. The van der Waals surface area contributed by atoms with Crippen molar-refractivity contribution >= 4 is 22.6 Å². The Kier molecular flexibility index (Phi) is 5.33. The summed E-state index contributed by atoms with van der Waals surface area (Å²) in [7, 11) is 0. The van der Waals surface area contributed by atoms with E-state index in [0.717, 1.165) is 34.6 Å². The van der Waals surface area contributed by atoms with Gasteiger partial charge in [-0.2, -0.15) is 5.10 Å². The van der Waals surface area contributed by atoms with E-state index in [0.29, 0.717) is 5.92 Å². The van der Waals surface area contributed by atoms with Gasteiger partial charge in [-0.1, -0.05) is 19.9 Å². The van der Waals surface area contributed by atoms with Gasteiger partial charge in [0.2, 0.25) is 0 Å². The SMILES string of the molecule is CC(C)CNCc1cccc(Cn2cc(I)cn2)n1. The van der Waals surface area contributed by atoms with Crippen molar-refractivity contribution in [2.24, 2.45) is 5.92 Å². The van der Waals surface area contributed by atoms with Gasteiger partial charge in [0.15, 0.2) is 0 Å². The van der Waals surface area contributed by atoms with Crippen LogP contribution in [0.3, 0.4) is 0 Å². The van der Waals surface area contributed by atoms with Gasteiger partial charge in [-0.05, 0) is 47.2 Å². The lowest BCUT2D eigenvalue weighted by atomic mass is 10.2. The normalized spacial score (nSPS) is 11.2. The Morgan fingerprint density at radius 2 is 2.11 bits per heavy atom. The number of hydrogen-bond donors (Lipinski definition) is 1. The summed E-state index contributed by atoms with van der Waals surface area (Å²) in [5, 5.41) is 7.69. The molecule has 0 unspecified atom stereocenters. The first-order valence-electron chi connectivity index (χ1n) is 6.47. The molecule has 19 heavy (non-hydrogen) atoms. The zero-order valence-corrected chi connectivity index (χ0v) is 13.5. The number of halogens is 1. The van der Waals surface area contributed by atoms with Crippen molar-refractivity contribution in [3.05, 3.63) is 45.6 Å². The van der Waals surface area contributed by atoms with Crippen molar-refractivity contribution in [2.75, 3.05) is 6.54 Å². The molecule has 1 N–H and O–H groups in total. The number of hydrogen-bond acceptors (Lipinski definition) is 3. The number of rotatable bonds is 6. The van der Waals surface area contributed by atoms with E-state index in [2.05, 4.69) is 64.0 Å². The first-order chi connectivity index (χ1) is 9.13. The molecule has 0 atom stereocenters. The fourth-order valence-corrected chi connectivity index (χ4v) is 2.24. The highest BCUT2D eigenvalue weighted by Crippen LogP contribution is 2.05. The maximum atomic E-state index is 4.65. The molecular formula is C14H19IN4. The zero-order valence-electron chi connectivity index (χ0n) is 11.3. The van der Waals surface area contributed by atoms with E-state index in [9.17, 15) is 0 Å². The Labute approximate surface area is 127 Å². The summed E-state index contributed by atoms with van der Waals surface area (Å²) in [5.41, 5.74) is 2.13. The summed E-state index contributed by atoms with van der Waals surface area (Å²) in [6.45, 7) is 6.97. The summed E-state index contributed by atoms with van der Waals surface area (Å²) in [6, 6.07) is 6.16. The largest absolute Gasteiger partial charge is 0.311 e. The van der Waals surface area contributed by atoms with Crippen molar-refractivity contribution < 1.29 is 0 Å². The molecule has 0 aromatic carbocycles. The molecule has 2 rings (SSSR count). The standard InChI is InChI=1S/C14H19IN4/c1-11(2)6-16-8-13-4-3-5-14(18-13)10-19-9-12(15)7-17-19/h3-5,7,9,11,16H,6,8,10H2,1-2H3. The average molecular weight is 370 g/mol. The molecule has 4 nitrogen and oxygen atoms in total. The third kappa shape index (κ3) is 4.91. The van der Waals surface area contributed by atoms with Crippen molar-refractivity contribution in [1.29, 1.82) is 0 Å². The van der Waals surface area contributed by atoms with Crippen LogP contribution in [0.2, 0.25) is 0 Å². The van der Waals surface area contributed by atoms with Crippen LogP contribution in [0.4, 0.5) is 0 Å². The monoisotopic (exact) mass is 370 g/mol. The summed E-state index contributed by atoms with van der Waals surface area (Å²) in [4.78, 5) is 4.65. The Morgan fingerprint density at radius 3 is 2.79 bits per heavy atom. The number of nitrogens with one attached hydrogen (secondary N) is 1. The molecule has 0 saturated heterocycles. The van der Waals surface area contributed by atoms with Crippen LogP contribution in [0.15, 0.2) is 30.6 Å². The Hall–Kier alpha value is -0.950. The third-order valence-corrected chi connectivity index (χ3v) is 3.21. The van der Waals surface area contributed by atoms with E-state index in [4.69, 9.17) is 0 Å². The molecule has 2 aromatic heterocycles. The highest BCUT2D eigenvalue weighted by molar-refractivity contribution is 14.1. The van der Waals surface area contributed by atoms with Gasteiger partial charge in [0, 0.05) is 12.7 Å². The van der Waals surface area contributed by atoms with Crippen molar-refractivity contribution in [3.8, 4) is 0 Å². The van der Waals surface area contributed by atoms with Crippen LogP contribution in [0.5, 0.6) is 0 Å². The predicted molar refractivity (Wildman–Crippen MR) is 84.8 cm³/mol. The minimum Gasteiger partial charge on any atom is -0.311 e. The van der Waals surface area contributed by atoms with Gasteiger partial charge in [-0.15, -0.1) is 0 Å². The molecule has 2 aromatic rings. The molecule has 0 bridgehead atoms. The molecule has 2 heterocycles. The summed E-state index contributed by atoms with van der Waals surface area (Å²) < 4.78 is 3.06. The van der Waals surface area contributed by atoms with Crippen molar-refractivity contribution in [2.45, 2.75) is 26.9 Å². The summed E-state index contributed by atoms with van der Waals surface area (Å²) in [6.07, 6.45) is 3.88. The molecule has 5 heteroatoms. The van der Waals surface area contributed by atoms with Crippen LogP contribution in [0.1, 0.15) is 25.2 Å². The number of pyridine rings is 1. The topological polar surface area (TPSA) is 42.7 Å². The second-order valence-electron chi connectivity index (χ2n) is 5.00. The van der Waals surface area contributed by atoms with Crippen LogP contribution in [0.25, 0.3) is 0 Å².